The minimum Gasteiger partial charge on any atom is -0.396 e. The molecule has 0 saturated heterocycles. The maximum absolute atomic E-state index is 12.4. The Hall–Kier alpha value is -2.47. The molecule has 21 heavy (non-hydrogen) atoms. The third kappa shape index (κ3) is 2.57. The Morgan fingerprint density at radius 1 is 1.33 bits per heavy atom. The van der Waals surface area contributed by atoms with Gasteiger partial charge >= 0.3 is 0 Å². The predicted molar refractivity (Wildman–Crippen MR) is 85.6 cm³/mol. The molecule has 5 nitrogen and oxygen atoms in total. The van der Waals surface area contributed by atoms with E-state index in [-0.39, 0.29) is 5.91 Å². The number of nitrogens with one attached hydrogen (secondary N) is 1. The van der Waals surface area contributed by atoms with Gasteiger partial charge in [-0.3, -0.25) is 4.79 Å². The number of carbonyl (C=O) groups excluding carboxylic acids is 1. The van der Waals surface area contributed by atoms with Gasteiger partial charge in [0, 0.05) is 18.1 Å². The van der Waals surface area contributed by atoms with E-state index in [9.17, 15) is 4.79 Å². The number of aryl methyl sites for hydroxylation is 1. The molecule has 106 valence electrons. The number of aromatic nitrogens is 2. The Kier molecular flexibility index (Phi) is 3.53. The van der Waals surface area contributed by atoms with E-state index in [0.717, 1.165) is 12.1 Å². The number of carbonyl (C=O) groups is 1. The molecule has 0 spiro atoms. The van der Waals surface area contributed by atoms with E-state index >= 15 is 0 Å². The SMILES string of the molecule is CCc1cccc(NC(=O)c2sc3nccnc3c2N)c1. The van der Waals surface area contributed by atoms with Crippen molar-refractivity contribution in [3.8, 4) is 0 Å². The van der Waals surface area contributed by atoms with Gasteiger partial charge in [0.15, 0.2) is 0 Å². The van der Waals surface area contributed by atoms with Crippen molar-refractivity contribution in [3.63, 3.8) is 0 Å². The zero-order valence-corrected chi connectivity index (χ0v) is 12.3. The average molecular weight is 298 g/mol. The highest BCUT2D eigenvalue weighted by molar-refractivity contribution is 7.21. The topological polar surface area (TPSA) is 80.9 Å². The van der Waals surface area contributed by atoms with E-state index in [1.807, 2.05) is 24.3 Å². The third-order valence-electron chi connectivity index (χ3n) is 3.16. The van der Waals surface area contributed by atoms with Crippen molar-refractivity contribution in [2.75, 3.05) is 11.1 Å². The first-order valence-corrected chi connectivity index (χ1v) is 7.40. The Morgan fingerprint density at radius 2 is 2.14 bits per heavy atom. The summed E-state index contributed by atoms with van der Waals surface area (Å²) in [6.07, 6.45) is 4.07. The number of thiophene rings is 1. The molecule has 0 atom stereocenters. The van der Waals surface area contributed by atoms with Gasteiger partial charge in [0.05, 0.1) is 5.69 Å². The minimum atomic E-state index is -0.231. The van der Waals surface area contributed by atoms with Crippen LogP contribution >= 0.6 is 11.3 Å². The van der Waals surface area contributed by atoms with E-state index in [2.05, 4.69) is 22.2 Å². The molecular formula is C15H14N4OS. The predicted octanol–water partition coefficient (Wildman–Crippen LogP) is 3.09. The number of hydrogen-bond acceptors (Lipinski definition) is 5. The van der Waals surface area contributed by atoms with Crippen molar-refractivity contribution < 1.29 is 4.79 Å². The minimum absolute atomic E-state index is 0.231. The molecule has 0 saturated carbocycles. The molecule has 3 aromatic rings. The van der Waals surface area contributed by atoms with Crippen LogP contribution in [0.25, 0.3) is 10.3 Å². The smallest absolute Gasteiger partial charge is 0.268 e. The average Bonchev–Trinajstić information content (AvgIpc) is 2.85. The van der Waals surface area contributed by atoms with Crippen LogP contribution in [0.5, 0.6) is 0 Å². The van der Waals surface area contributed by atoms with Gasteiger partial charge in [-0.05, 0) is 24.1 Å². The Bertz CT molecular complexity index is 812. The standard InChI is InChI=1S/C15H14N4OS/c1-2-9-4-3-5-10(8-9)19-14(20)13-11(16)12-15(21-13)18-7-6-17-12/h3-8H,2,16H2,1H3,(H,19,20). The first kappa shape index (κ1) is 13.5. The number of nitrogens with zero attached hydrogens (tertiary/aromatic N) is 2. The van der Waals surface area contributed by atoms with Crippen LogP contribution in [-0.4, -0.2) is 15.9 Å². The van der Waals surface area contributed by atoms with Crippen molar-refractivity contribution in [2.24, 2.45) is 0 Å². The van der Waals surface area contributed by atoms with Gasteiger partial charge in [0.2, 0.25) is 0 Å². The molecule has 0 radical (unpaired) electrons. The quantitative estimate of drug-likeness (QED) is 0.778. The van der Waals surface area contributed by atoms with E-state index in [0.29, 0.717) is 20.9 Å². The molecule has 1 amide bonds. The Balaban J connectivity index is 1.91. The molecule has 3 N–H and O–H groups in total. The molecule has 6 heteroatoms. The van der Waals surface area contributed by atoms with E-state index in [4.69, 9.17) is 5.73 Å². The largest absolute Gasteiger partial charge is 0.396 e. The van der Waals surface area contributed by atoms with Gasteiger partial charge in [-0.1, -0.05) is 19.1 Å². The highest BCUT2D eigenvalue weighted by atomic mass is 32.1. The molecule has 3 rings (SSSR count). The molecule has 0 fully saturated rings. The lowest BCUT2D eigenvalue weighted by Crippen LogP contribution is -2.12. The highest BCUT2D eigenvalue weighted by Gasteiger charge is 2.18. The van der Waals surface area contributed by atoms with E-state index in [1.165, 1.54) is 16.9 Å². The summed E-state index contributed by atoms with van der Waals surface area (Å²) in [5.41, 5.74) is 8.89. The number of fused-ring (bicyclic) bond motifs is 1. The lowest BCUT2D eigenvalue weighted by atomic mass is 10.1. The van der Waals surface area contributed by atoms with Gasteiger partial charge in [0.1, 0.15) is 15.2 Å². The molecule has 0 unspecified atom stereocenters. The number of nitrogens with two attached hydrogens (primary N) is 1. The summed E-state index contributed by atoms with van der Waals surface area (Å²) in [6.45, 7) is 2.07. The van der Waals surface area contributed by atoms with E-state index < -0.39 is 0 Å². The van der Waals surface area contributed by atoms with Crippen LogP contribution < -0.4 is 11.1 Å². The monoisotopic (exact) mass is 298 g/mol. The number of rotatable bonds is 3. The third-order valence-corrected chi connectivity index (χ3v) is 4.26. The first-order valence-electron chi connectivity index (χ1n) is 6.58. The maximum atomic E-state index is 12.4. The summed E-state index contributed by atoms with van der Waals surface area (Å²) in [4.78, 5) is 21.8. The van der Waals surface area contributed by atoms with Crippen LogP contribution in [0, 0.1) is 0 Å². The van der Waals surface area contributed by atoms with Crippen molar-refractivity contribution in [2.45, 2.75) is 13.3 Å². The molecule has 2 heterocycles. The Labute approximate surface area is 125 Å². The van der Waals surface area contributed by atoms with Crippen LogP contribution in [0.1, 0.15) is 22.2 Å². The van der Waals surface area contributed by atoms with Crippen LogP contribution in [-0.2, 0) is 6.42 Å². The van der Waals surface area contributed by atoms with Gasteiger partial charge in [0.25, 0.3) is 5.91 Å². The zero-order chi connectivity index (χ0) is 14.8. The number of amides is 1. The van der Waals surface area contributed by atoms with Crippen LogP contribution in [0.2, 0.25) is 0 Å². The Morgan fingerprint density at radius 3 is 2.90 bits per heavy atom. The van der Waals surface area contributed by atoms with Crippen molar-refractivity contribution in [3.05, 3.63) is 47.1 Å². The summed E-state index contributed by atoms with van der Waals surface area (Å²) >= 11 is 1.25. The van der Waals surface area contributed by atoms with Gasteiger partial charge in [-0.15, -0.1) is 11.3 Å². The molecule has 0 aliphatic rings. The molecular weight excluding hydrogens is 284 g/mol. The van der Waals surface area contributed by atoms with E-state index in [1.54, 1.807) is 12.4 Å². The lowest BCUT2D eigenvalue weighted by Gasteiger charge is -2.05. The highest BCUT2D eigenvalue weighted by Crippen LogP contribution is 2.31. The molecule has 0 bridgehead atoms. The molecule has 2 aromatic heterocycles. The molecule has 1 aromatic carbocycles. The van der Waals surface area contributed by atoms with Crippen molar-refractivity contribution >= 4 is 39.0 Å². The first-order chi connectivity index (χ1) is 10.2. The summed E-state index contributed by atoms with van der Waals surface area (Å²) in [7, 11) is 0. The number of anilines is 2. The molecule has 0 aliphatic heterocycles. The summed E-state index contributed by atoms with van der Waals surface area (Å²) in [5, 5.41) is 2.87. The zero-order valence-electron chi connectivity index (χ0n) is 11.5. The fourth-order valence-corrected chi connectivity index (χ4v) is 2.99. The second kappa shape index (κ2) is 5.49. The number of benzene rings is 1. The van der Waals surface area contributed by atoms with Crippen LogP contribution in [0.15, 0.2) is 36.7 Å². The summed E-state index contributed by atoms with van der Waals surface area (Å²) in [6, 6.07) is 7.76. The number of nitrogen functional groups attached to an aromatic ring is 1. The fraction of sp³-hybridized carbons (Fsp3) is 0.133. The normalized spacial score (nSPS) is 10.7. The summed E-state index contributed by atoms with van der Waals surface area (Å²) < 4.78 is 0. The second-order valence-electron chi connectivity index (χ2n) is 4.56. The van der Waals surface area contributed by atoms with Gasteiger partial charge in [-0.2, -0.15) is 0 Å². The lowest BCUT2D eigenvalue weighted by molar-refractivity contribution is 0.103. The maximum Gasteiger partial charge on any atom is 0.268 e. The van der Waals surface area contributed by atoms with Crippen LogP contribution in [0.4, 0.5) is 11.4 Å². The van der Waals surface area contributed by atoms with Crippen molar-refractivity contribution in [1.29, 1.82) is 0 Å². The fourth-order valence-electron chi connectivity index (χ4n) is 2.07. The van der Waals surface area contributed by atoms with Gasteiger partial charge < -0.3 is 11.1 Å². The van der Waals surface area contributed by atoms with Crippen molar-refractivity contribution in [1.82, 2.24) is 9.97 Å². The second-order valence-corrected chi connectivity index (χ2v) is 5.56. The molecule has 0 aliphatic carbocycles. The van der Waals surface area contributed by atoms with Gasteiger partial charge in [-0.25, -0.2) is 9.97 Å². The van der Waals surface area contributed by atoms with Crippen LogP contribution in [0.3, 0.4) is 0 Å². The number of hydrogen-bond donors (Lipinski definition) is 2. The summed E-state index contributed by atoms with van der Waals surface area (Å²) in [5.74, 6) is -0.231.